The van der Waals surface area contributed by atoms with E-state index in [1.165, 1.54) is 5.56 Å². The average Bonchev–Trinajstić information content (AvgIpc) is 2.59. The van der Waals surface area contributed by atoms with Crippen LogP contribution in [0.15, 0.2) is 66.7 Å². The number of carboxylic acid groups (broad SMARTS) is 1. The first-order chi connectivity index (χ1) is 11.2. The first kappa shape index (κ1) is 15.3. The maximum Gasteiger partial charge on any atom is 0.311 e. The van der Waals surface area contributed by atoms with Crippen LogP contribution in [-0.4, -0.2) is 11.1 Å². The molecule has 0 amide bonds. The molecule has 0 spiro atoms. The van der Waals surface area contributed by atoms with Crippen LogP contribution in [0.25, 0.3) is 10.8 Å². The van der Waals surface area contributed by atoms with Crippen LogP contribution in [0.3, 0.4) is 0 Å². The van der Waals surface area contributed by atoms with E-state index in [9.17, 15) is 9.90 Å². The zero-order chi connectivity index (χ0) is 16.2. The Kier molecular flexibility index (Phi) is 4.42. The van der Waals surface area contributed by atoms with Crippen molar-refractivity contribution in [3.8, 4) is 0 Å². The molecule has 0 aliphatic rings. The summed E-state index contributed by atoms with van der Waals surface area (Å²) in [5, 5.41) is 11.9. The fourth-order valence-electron chi connectivity index (χ4n) is 3.03. The van der Waals surface area contributed by atoms with Gasteiger partial charge in [0.1, 0.15) is 0 Å². The third-order valence-corrected chi connectivity index (χ3v) is 4.37. The van der Waals surface area contributed by atoms with Gasteiger partial charge < -0.3 is 5.11 Å². The minimum Gasteiger partial charge on any atom is -0.481 e. The zero-order valence-electron chi connectivity index (χ0n) is 13.2. The van der Waals surface area contributed by atoms with Crippen LogP contribution in [0, 0.1) is 0 Å². The van der Waals surface area contributed by atoms with Crippen molar-refractivity contribution in [1.82, 2.24) is 0 Å². The molecule has 1 atom stereocenters. The number of hydrogen-bond acceptors (Lipinski definition) is 1. The third-order valence-electron chi connectivity index (χ3n) is 4.37. The van der Waals surface area contributed by atoms with E-state index in [-0.39, 0.29) is 0 Å². The van der Waals surface area contributed by atoms with Crippen LogP contribution in [-0.2, 0) is 17.6 Å². The van der Waals surface area contributed by atoms with Gasteiger partial charge in [-0.05, 0) is 40.3 Å². The smallest absolute Gasteiger partial charge is 0.311 e. The van der Waals surface area contributed by atoms with Crippen molar-refractivity contribution in [3.05, 3.63) is 83.4 Å². The standard InChI is InChI=1S/C21H20O2/c1-2-15-10-12-16(13-11-15)14-20(21(22)23)19-9-5-7-17-6-3-4-8-18(17)19/h3-13,20H,2,14H2,1H3,(H,22,23). The number of carboxylic acids is 1. The lowest BCUT2D eigenvalue weighted by molar-refractivity contribution is -0.138. The maximum absolute atomic E-state index is 11.9. The van der Waals surface area contributed by atoms with Crippen molar-refractivity contribution >= 4 is 16.7 Å². The van der Waals surface area contributed by atoms with Crippen LogP contribution in [0.4, 0.5) is 0 Å². The normalized spacial score (nSPS) is 12.2. The molecule has 23 heavy (non-hydrogen) atoms. The fraction of sp³-hybridized carbons (Fsp3) is 0.190. The number of fused-ring (bicyclic) bond motifs is 1. The van der Waals surface area contributed by atoms with Crippen molar-refractivity contribution in [3.63, 3.8) is 0 Å². The summed E-state index contributed by atoms with van der Waals surface area (Å²) in [6.45, 7) is 2.12. The van der Waals surface area contributed by atoms with Gasteiger partial charge in [0, 0.05) is 0 Å². The minimum absolute atomic E-state index is 0.507. The fourth-order valence-corrected chi connectivity index (χ4v) is 3.03. The SMILES string of the molecule is CCc1ccc(CC(C(=O)O)c2cccc3ccccc23)cc1. The molecular weight excluding hydrogens is 284 g/mol. The number of carbonyl (C=O) groups is 1. The predicted molar refractivity (Wildman–Crippen MR) is 93.8 cm³/mol. The lowest BCUT2D eigenvalue weighted by Gasteiger charge is -2.16. The first-order valence-corrected chi connectivity index (χ1v) is 7.97. The van der Waals surface area contributed by atoms with E-state index in [4.69, 9.17) is 0 Å². The van der Waals surface area contributed by atoms with Gasteiger partial charge in [-0.1, -0.05) is 73.7 Å². The Morgan fingerprint density at radius 3 is 2.26 bits per heavy atom. The molecule has 3 aromatic rings. The summed E-state index contributed by atoms with van der Waals surface area (Å²) < 4.78 is 0. The summed E-state index contributed by atoms with van der Waals surface area (Å²) in [6.07, 6.45) is 1.50. The van der Waals surface area contributed by atoms with Gasteiger partial charge in [0.2, 0.25) is 0 Å². The van der Waals surface area contributed by atoms with Gasteiger partial charge in [0.05, 0.1) is 5.92 Å². The van der Waals surface area contributed by atoms with Gasteiger partial charge in [0.25, 0.3) is 0 Å². The summed E-state index contributed by atoms with van der Waals surface area (Å²) >= 11 is 0. The number of aryl methyl sites for hydroxylation is 1. The number of hydrogen-bond donors (Lipinski definition) is 1. The summed E-state index contributed by atoms with van der Waals surface area (Å²) in [7, 11) is 0. The molecule has 3 rings (SSSR count). The Labute approximate surface area is 136 Å². The summed E-state index contributed by atoms with van der Waals surface area (Å²) in [5.74, 6) is -1.31. The van der Waals surface area contributed by atoms with Gasteiger partial charge in [-0.25, -0.2) is 0 Å². The maximum atomic E-state index is 11.9. The van der Waals surface area contributed by atoms with Crippen LogP contribution in [0.5, 0.6) is 0 Å². The highest BCUT2D eigenvalue weighted by Crippen LogP contribution is 2.28. The molecule has 3 aromatic carbocycles. The monoisotopic (exact) mass is 304 g/mol. The second-order valence-corrected chi connectivity index (χ2v) is 5.83. The van der Waals surface area contributed by atoms with Crippen molar-refractivity contribution < 1.29 is 9.90 Å². The van der Waals surface area contributed by atoms with Crippen molar-refractivity contribution in [2.24, 2.45) is 0 Å². The molecule has 0 aromatic heterocycles. The highest BCUT2D eigenvalue weighted by molar-refractivity contribution is 5.90. The van der Waals surface area contributed by atoms with E-state index in [0.717, 1.165) is 28.3 Å². The van der Waals surface area contributed by atoms with Crippen LogP contribution in [0.1, 0.15) is 29.5 Å². The molecule has 2 nitrogen and oxygen atoms in total. The molecule has 0 aliphatic heterocycles. The highest BCUT2D eigenvalue weighted by atomic mass is 16.4. The minimum atomic E-state index is -0.777. The second kappa shape index (κ2) is 6.66. The van der Waals surface area contributed by atoms with Crippen molar-refractivity contribution in [1.29, 1.82) is 0 Å². The van der Waals surface area contributed by atoms with Gasteiger partial charge in [-0.15, -0.1) is 0 Å². The zero-order valence-corrected chi connectivity index (χ0v) is 13.2. The van der Waals surface area contributed by atoms with Gasteiger partial charge in [-0.2, -0.15) is 0 Å². The van der Waals surface area contributed by atoms with Gasteiger partial charge in [-0.3, -0.25) is 4.79 Å². The summed E-state index contributed by atoms with van der Waals surface area (Å²) in [5.41, 5.74) is 3.21. The van der Waals surface area contributed by atoms with E-state index in [1.54, 1.807) is 0 Å². The molecule has 0 fully saturated rings. The molecule has 0 saturated carbocycles. The summed E-state index contributed by atoms with van der Waals surface area (Å²) in [6, 6.07) is 22.1. The molecular formula is C21H20O2. The van der Waals surface area contributed by atoms with Crippen molar-refractivity contribution in [2.45, 2.75) is 25.7 Å². The first-order valence-electron chi connectivity index (χ1n) is 7.97. The van der Waals surface area contributed by atoms with Gasteiger partial charge in [0.15, 0.2) is 0 Å². The Balaban J connectivity index is 1.99. The lowest BCUT2D eigenvalue weighted by atomic mass is 9.88. The highest BCUT2D eigenvalue weighted by Gasteiger charge is 2.22. The molecule has 0 heterocycles. The van der Waals surface area contributed by atoms with Crippen LogP contribution < -0.4 is 0 Å². The Morgan fingerprint density at radius 2 is 1.57 bits per heavy atom. The molecule has 0 aliphatic carbocycles. The Morgan fingerprint density at radius 1 is 0.913 bits per heavy atom. The van der Waals surface area contributed by atoms with Crippen molar-refractivity contribution in [2.75, 3.05) is 0 Å². The number of rotatable bonds is 5. The van der Waals surface area contributed by atoms with E-state index in [2.05, 4.69) is 19.1 Å². The predicted octanol–water partition coefficient (Wildman–Crippen LogP) is 4.81. The van der Waals surface area contributed by atoms with E-state index < -0.39 is 11.9 Å². The third kappa shape index (κ3) is 3.26. The molecule has 1 N–H and O–H groups in total. The van der Waals surface area contributed by atoms with E-state index >= 15 is 0 Å². The molecule has 0 radical (unpaired) electrons. The Bertz CT molecular complexity index is 813. The largest absolute Gasteiger partial charge is 0.481 e. The number of aliphatic carboxylic acids is 1. The van der Waals surface area contributed by atoms with Gasteiger partial charge >= 0.3 is 5.97 Å². The molecule has 116 valence electrons. The molecule has 1 unspecified atom stereocenters. The van der Waals surface area contributed by atoms with Crippen LogP contribution >= 0.6 is 0 Å². The average molecular weight is 304 g/mol. The molecule has 2 heteroatoms. The summed E-state index contributed by atoms with van der Waals surface area (Å²) in [4.78, 5) is 11.9. The topological polar surface area (TPSA) is 37.3 Å². The molecule has 0 saturated heterocycles. The van der Waals surface area contributed by atoms with Crippen LogP contribution in [0.2, 0.25) is 0 Å². The second-order valence-electron chi connectivity index (χ2n) is 5.83. The van der Waals surface area contributed by atoms with E-state index in [1.807, 2.05) is 54.6 Å². The Hall–Kier alpha value is -2.61. The lowest BCUT2D eigenvalue weighted by Crippen LogP contribution is -2.15. The number of benzene rings is 3. The quantitative estimate of drug-likeness (QED) is 0.734. The molecule has 0 bridgehead atoms. The van der Waals surface area contributed by atoms with E-state index in [0.29, 0.717) is 6.42 Å².